The van der Waals surface area contributed by atoms with Gasteiger partial charge in [0.1, 0.15) is 5.69 Å². The second kappa shape index (κ2) is 15.9. The summed E-state index contributed by atoms with van der Waals surface area (Å²) in [5, 5.41) is 13.5. The van der Waals surface area contributed by atoms with Gasteiger partial charge in [0.25, 0.3) is 0 Å². The fraction of sp³-hybridized carbons (Fsp3) is 0.118. The van der Waals surface area contributed by atoms with E-state index in [0.717, 1.165) is 17.0 Å². The second-order valence-corrected chi connectivity index (χ2v) is 12.4. The summed E-state index contributed by atoms with van der Waals surface area (Å²) in [6, 6.07) is 32.1. The zero-order valence-corrected chi connectivity index (χ0v) is 25.4. The van der Waals surface area contributed by atoms with Crippen molar-refractivity contribution >= 4 is 35.7 Å². The Morgan fingerprint density at radius 1 is 0.725 bits per heavy atom. The summed E-state index contributed by atoms with van der Waals surface area (Å²) < 4.78 is 2.17. The topological polar surface area (TPSA) is 30.7 Å². The maximum absolute atomic E-state index is 4.80. The van der Waals surface area contributed by atoms with Gasteiger partial charge in [-0.2, -0.15) is 11.8 Å². The van der Waals surface area contributed by atoms with Crippen LogP contribution < -0.4 is 16.0 Å². The van der Waals surface area contributed by atoms with Crippen molar-refractivity contribution in [2.24, 2.45) is 0 Å². The van der Waals surface area contributed by atoms with Crippen molar-refractivity contribution in [2.75, 3.05) is 5.75 Å². The van der Waals surface area contributed by atoms with E-state index < -0.39 is 7.92 Å². The van der Waals surface area contributed by atoms with Crippen LogP contribution in [-0.2, 0) is 17.1 Å². The summed E-state index contributed by atoms with van der Waals surface area (Å²) in [6.07, 6.45) is 16.6. The van der Waals surface area contributed by atoms with Gasteiger partial charge in [-0.3, -0.25) is 0 Å². The van der Waals surface area contributed by atoms with E-state index >= 15 is 0 Å². The van der Waals surface area contributed by atoms with E-state index in [0.29, 0.717) is 0 Å². The summed E-state index contributed by atoms with van der Waals surface area (Å²) in [4.78, 5) is 0. The first-order valence-corrected chi connectivity index (χ1v) is 15.6. The van der Waals surface area contributed by atoms with E-state index in [9.17, 15) is 0 Å². The third kappa shape index (κ3) is 7.48. The Bertz CT molecular complexity index is 1220. The molecule has 1 heterocycles. The van der Waals surface area contributed by atoms with E-state index in [1.165, 1.54) is 27.2 Å². The summed E-state index contributed by atoms with van der Waals surface area (Å²) in [5.74, 6) is 2.35. The Morgan fingerprint density at radius 3 is 1.77 bits per heavy atom. The molecule has 2 aliphatic rings. The molecule has 200 valence electrons. The summed E-state index contributed by atoms with van der Waals surface area (Å²) >= 11 is 1.89. The number of rotatable bonds is 8. The maximum atomic E-state index is 4.80. The molecule has 3 nitrogen and oxygen atoms in total. The molecule has 0 saturated heterocycles. The minimum atomic E-state index is -0.869. The van der Waals surface area contributed by atoms with Gasteiger partial charge in [-0.15, -0.1) is 5.10 Å². The first kappa shape index (κ1) is 31.0. The second-order valence-electron chi connectivity index (χ2n) is 9.00. The molecule has 4 aromatic rings. The van der Waals surface area contributed by atoms with Crippen molar-refractivity contribution in [2.45, 2.75) is 19.9 Å². The zero-order valence-electron chi connectivity index (χ0n) is 22.6. The fourth-order valence-corrected chi connectivity index (χ4v) is 8.01. The number of thioether (sulfide) groups is 1. The number of nitrogens with zero attached hydrogens (tertiary/aromatic N) is 3. The Morgan fingerprint density at radius 2 is 1.25 bits per heavy atom. The Kier molecular flexibility index (Phi) is 12.4. The minimum absolute atomic E-state index is 0. The van der Waals surface area contributed by atoms with Crippen LogP contribution in [0.4, 0.5) is 0 Å². The van der Waals surface area contributed by atoms with Gasteiger partial charge in [-0.1, -0.05) is 103 Å². The molecular formula is C34H32FeN3PS+2. The van der Waals surface area contributed by atoms with Crippen LogP contribution >= 0.6 is 19.7 Å². The average molecular weight is 602 g/mol. The first-order chi connectivity index (χ1) is 19.3. The number of hydrogen-bond donors (Lipinski definition) is 0. The monoisotopic (exact) mass is 601 g/mol. The predicted molar refractivity (Wildman–Crippen MR) is 168 cm³/mol. The first-order valence-electron chi connectivity index (χ1n) is 13.2. The number of benzene rings is 3. The van der Waals surface area contributed by atoms with Crippen LogP contribution in [-0.4, -0.2) is 20.7 Å². The maximum Gasteiger partial charge on any atom is 2.00 e. The third-order valence-electron chi connectivity index (χ3n) is 6.44. The molecule has 1 aromatic heterocycles. The normalized spacial score (nSPS) is 16.4. The van der Waals surface area contributed by atoms with Gasteiger partial charge in [0.15, 0.2) is 0 Å². The third-order valence-corrected chi connectivity index (χ3v) is 9.88. The molecule has 0 N–H and O–H groups in total. The predicted octanol–water partition coefficient (Wildman–Crippen LogP) is 6.77. The van der Waals surface area contributed by atoms with E-state index in [1.807, 2.05) is 49.9 Å². The number of aromatic nitrogens is 3. The molecule has 0 bridgehead atoms. The van der Waals surface area contributed by atoms with Gasteiger partial charge in [0.2, 0.25) is 0 Å². The molecule has 6 heteroatoms. The quantitative estimate of drug-likeness (QED) is 0.165. The molecule has 40 heavy (non-hydrogen) atoms. The van der Waals surface area contributed by atoms with Gasteiger partial charge < -0.3 is 0 Å². The van der Waals surface area contributed by atoms with Gasteiger partial charge in [0, 0.05) is 24.7 Å². The van der Waals surface area contributed by atoms with Crippen molar-refractivity contribution in [3.05, 3.63) is 154 Å². The SMILES string of the molecule is CCS[C]1[CH][CH][CH][C]1[C@H](C)n1nnc(-c2ccccc2)c1P(c1ccccc1)c1ccccc1.[CH]1[CH][CH][CH][CH]1.[Fe+2]. The van der Waals surface area contributed by atoms with Gasteiger partial charge >= 0.3 is 17.1 Å². The Labute approximate surface area is 257 Å². The Hall–Kier alpha value is -1.90. The Balaban J connectivity index is 0.000000557. The van der Waals surface area contributed by atoms with Crippen LogP contribution in [0.15, 0.2) is 91.0 Å². The van der Waals surface area contributed by atoms with E-state index in [4.69, 9.17) is 10.3 Å². The smallest absolute Gasteiger partial charge is 0.240 e. The molecule has 0 amide bonds. The molecule has 2 aliphatic carbocycles. The largest absolute Gasteiger partial charge is 2.00 e. The molecular weight excluding hydrogens is 569 g/mol. The standard InChI is InChI=1S/C29H27N3PS.C5H5.Fe/c1-3-34-27-21-13-20-26(27)22(2)32-29(28(30-31-32)23-14-7-4-8-15-23)33(24-16-9-5-10-17-24)25-18-11-6-12-19-25;1-2-4-5-3-1;/h4-22H,3H2,1-2H3;1-5H;/q;;+2/t22-;;/m0../s1. The van der Waals surface area contributed by atoms with Crippen LogP contribution in [0.5, 0.6) is 0 Å². The van der Waals surface area contributed by atoms with Crippen LogP contribution in [0, 0.1) is 62.5 Å². The van der Waals surface area contributed by atoms with Crippen molar-refractivity contribution < 1.29 is 17.1 Å². The van der Waals surface area contributed by atoms with Crippen LogP contribution in [0.3, 0.4) is 0 Å². The molecule has 0 unspecified atom stereocenters. The summed E-state index contributed by atoms with van der Waals surface area (Å²) in [5.41, 5.74) is 3.24. The average Bonchev–Trinajstić information content (AvgIpc) is 3.79. The molecule has 6 rings (SSSR count). The molecule has 2 fully saturated rings. The fourth-order valence-electron chi connectivity index (χ4n) is 4.59. The van der Waals surface area contributed by atoms with Crippen LogP contribution in [0.2, 0.25) is 0 Å². The molecule has 0 aliphatic heterocycles. The van der Waals surface area contributed by atoms with Crippen molar-refractivity contribution in [1.82, 2.24) is 15.0 Å². The van der Waals surface area contributed by atoms with E-state index in [2.05, 4.69) is 123 Å². The molecule has 2 saturated carbocycles. The van der Waals surface area contributed by atoms with Crippen LogP contribution in [0.25, 0.3) is 11.3 Å². The van der Waals surface area contributed by atoms with Gasteiger partial charge in [-0.05, 0) is 74.7 Å². The summed E-state index contributed by atoms with van der Waals surface area (Å²) in [6.45, 7) is 4.44. The van der Waals surface area contributed by atoms with Crippen LogP contribution in [0.1, 0.15) is 19.9 Å². The van der Waals surface area contributed by atoms with E-state index in [-0.39, 0.29) is 23.1 Å². The van der Waals surface area contributed by atoms with E-state index in [1.54, 1.807) is 0 Å². The molecule has 1 atom stereocenters. The molecule has 10 radical (unpaired) electrons. The molecule has 0 spiro atoms. The number of hydrogen-bond acceptors (Lipinski definition) is 3. The molecule has 3 aromatic carbocycles. The van der Waals surface area contributed by atoms with Gasteiger partial charge in [-0.25, -0.2) is 4.68 Å². The summed E-state index contributed by atoms with van der Waals surface area (Å²) in [7, 11) is -0.869. The van der Waals surface area contributed by atoms with Crippen molar-refractivity contribution in [3.63, 3.8) is 0 Å². The van der Waals surface area contributed by atoms with Gasteiger partial charge in [0.05, 0.1) is 11.5 Å². The van der Waals surface area contributed by atoms with Crippen molar-refractivity contribution in [1.29, 1.82) is 0 Å². The minimum Gasteiger partial charge on any atom is -0.240 e. The van der Waals surface area contributed by atoms with Crippen molar-refractivity contribution in [3.8, 4) is 11.3 Å². The zero-order chi connectivity index (χ0) is 26.9.